The van der Waals surface area contributed by atoms with Crippen LogP contribution in [-0.2, 0) is 0 Å². The van der Waals surface area contributed by atoms with Gasteiger partial charge in [0.05, 0.1) is 5.60 Å². The highest BCUT2D eigenvalue weighted by Gasteiger charge is 2.51. The van der Waals surface area contributed by atoms with Crippen LogP contribution in [-0.4, -0.2) is 21.2 Å². The maximum absolute atomic E-state index is 10.4. The third-order valence-corrected chi connectivity index (χ3v) is 5.27. The normalized spacial score (nSPS) is 52.8. The highest BCUT2D eigenvalue weighted by atomic mass is 32.2. The molecule has 2 atom stereocenters. The number of thioether (sulfide) groups is 1. The Morgan fingerprint density at radius 3 is 2.08 bits per heavy atom. The Morgan fingerprint density at radius 1 is 1.00 bits per heavy atom. The van der Waals surface area contributed by atoms with Gasteiger partial charge in [0.2, 0.25) is 0 Å². The summed E-state index contributed by atoms with van der Waals surface area (Å²) in [4.78, 5) is 0. The second-order valence-electron chi connectivity index (χ2n) is 4.74. The van der Waals surface area contributed by atoms with Crippen LogP contribution in [0.3, 0.4) is 0 Å². The molecule has 3 rings (SSSR count). The fourth-order valence-electron chi connectivity index (χ4n) is 2.91. The van der Waals surface area contributed by atoms with Gasteiger partial charge in [0.1, 0.15) is 0 Å². The molecule has 2 heteroatoms. The molecule has 68 valence electrons. The zero-order valence-corrected chi connectivity index (χ0v) is 8.15. The van der Waals surface area contributed by atoms with E-state index in [1.165, 1.54) is 25.7 Å². The van der Waals surface area contributed by atoms with Gasteiger partial charge in [0.15, 0.2) is 0 Å². The Kier molecular flexibility index (Phi) is 1.55. The van der Waals surface area contributed by atoms with Gasteiger partial charge in [-0.3, -0.25) is 0 Å². The largest absolute Gasteiger partial charge is 0.390 e. The van der Waals surface area contributed by atoms with E-state index in [4.69, 9.17) is 0 Å². The van der Waals surface area contributed by atoms with Gasteiger partial charge in [0.25, 0.3) is 0 Å². The number of fused-ring (bicyclic) bond motifs is 2. The van der Waals surface area contributed by atoms with Crippen LogP contribution in [0.2, 0.25) is 0 Å². The first-order valence-electron chi connectivity index (χ1n) is 5.14. The first kappa shape index (κ1) is 7.69. The molecule has 3 fully saturated rings. The van der Waals surface area contributed by atoms with Crippen molar-refractivity contribution < 1.29 is 5.11 Å². The molecule has 2 saturated heterocycles. The van der Waals surface area contributed by atoms with Gasteiger partial charge in [-0.25, -0.2) is 0 Å². The average molecular weight is 184 g/mol. The molecule has 1 nitrogen and oxygen atoms in total. The van der Waals surface area contributed by atoms with Gasteiger partial charge >= 0.3 is 0 Å². The highest BCUT2D eigenvalue weighted by molar-refractivity contribution is 8.00. The molecule has 12 heavy (non-hydrogen) atoms. The topological polar surface area (TPSA) is 20.2 Å². The van der Waals surface area contributed by atoms with E-state index in [1.54, 1.807) is 0 Å². The minimum Gasteiger partial charge on any atom is -0.390 e. The zero-order valence-electron chi connectivity index (χ0n) is 7.33. The molecule has 0 aromatic heterocycles. The Labute approximate surface area is 77.9 Å². The summed E-state index contributed by atoms with van der Waals surface area (Å²) in [5.41, 5.74) is -0.225. The molecule has 0 amide bonds. The smallest absolute Gasteiger partial charge is 0.0696 e. The molecule has 3 aliphatic rings. The van der Waals surface area contributed by atoms with Crippen LogP contribution in [0.15, 0.2) is 0 Å². The first-order chi connectivity index (χ1) is 5.76. The Balaban J connectivity index is 1.80. The van der Waals surface area contributed by atoms with Crippen LogP contribution in [0.1, 0.15) is 38.5 Å². The van der Waals surface area contributed by atoms with E-state index in [-0.39, 0.29) is 5.60 Å². The molecular weight excluding hydrogens is 168 g/mol. The van der Waals surface area contributed by atoms with Crippen molar-refractivity contribution in [2.24, 2.45) is 5.92 Å². The number of aliphatic hydroxyl groups is 1. The number of hydrogen-bond acceptors (Lipinski definition) is 2. The summed E-state index contributed by atoms with van der Waals surface area (Å²) in [6.45, 7) is 0. The Morgan fingerprint density at radius 2 is 1.58 bits per heavy atom. The second kappa shape index (κ2) is 2.42. The molecular formula is C10H16OS. The molecule has 2 unspecified atom stereocenters. The summed E-state index contributed by atoms with van der Waals surface area (Å²) >= 11 is 2.14. The SMILES string of the molecule is OC1(C2CC2)CC2CCC(C1)S2. The fraction of sp³-hybridized carbons (Fsp3) is 1.00. The van der Waals surface area contributed by atoms with Crippen LogP contribution < -0.4 is 0 Å². The number of rotatable bonds is 1. The van der Waals surface area contributed by atoms with Crippen molar-refractivity contribution in [2.75, 3.05) is 0 Å². The van der Waals surface area contributed by atoms with Crippen LogP contribution in [0.4, 0.5) is 0 Å². The molecule has 2 aliphatic heterocycles. The molecule has 1 N–H and O–H groups in total. The number of hydrogen-bond donors (Lipinski definition) is 1. The molecule has 1 saturated carbocycles. The summed E-state index contributed by atoms with van der Waals surface area (Å²) in [6.07, 6.45) is 7.51. The first-order valence-corrected chi connectivity index (χ1v) is 6.08. The third-order valence-electron chi connectivity index (χ3n) is 3.70. The standard InChI is InChI=1S/C10H16OS/c11-10(7-1-2-7)5-8-3-4-9(6-10)12-8/h7-9,11H,1-6H2. The van der Waals surface area contributed by atoms with Gasteiger partial charge in [-0.05, 0) is 44.4 Å². The van der Waals surface area contributed by atoms with E-state index in [9.17, 15) is 5.11 Å². The maximum atomic E-state index is 10.4. The maximum Gasteiger partial charge on any atom is 0.0696 e. The van der Waals surface area contributed by atoms with E-state index in [1.807, 2.05) is 0 Å². The minimum atomic E-state index is -0.225. The minimum absolute atomic E-state index is 0.225. The summed E-state index contributed by atoms with van der Waals surface area (Å²) < 4.78 is 0. The van der Waals surface area contributed by atoms with Crippen molar-refractivity contribution in [3.63, 3.8) is 0 Å². The van der Waals surface area contributed by atoms with E-state index >= 15 is 0 Å². The monoisotopic (exact) mass is 184 g/mol. The van der Waals surface area contributed by atoms with Gasteiger partial charge in [0, 0.05) is 10.5 Å². The second-order valence-corrected chi connectivity index (χ2v) is 6.35. The van der Waals surface area contributed by atoms with Crippen molar-refractivity contribution in [3.8, 4) is 0 Å². The Bertz CT molecular complexity index is 188. The van der Waals surface area contributed by atoms with E-state index in [0.717, 1.165) is 23.3 Å². The van der Waals surface area contributed by atoms with Crippen LogP contribution in [0.5, 0.6) is 0 Å². The highest BCUT2D eigenvalue weighted by Crippen LogP contribution is 2.54. The lowest BCUT2D eigenvalue weighted by Gasteiger charge is -2.36. The molecule has 2 heterocycles. The predicted octanol–water partition coefficient (Wildman–Crippen LogP) is 2.19. The third kappa shape index (κ3) is 1.12. The van der Waals surface area contributed by atoms with Crippen molar-refractivity contribution in [2.45, 2.75) is 54.6 Å². The Hall–Kier alpha value is 0.310. The lowest BCUT2D eigenvalue weighted by Crippen LogP contribution is -2.39. The van der Waals surface area contributed by atoms with Gasteiger partial charge in [-0.2, -0.15) is 11.8 Å². The molecule has 0 aromatic rings. The molecule has 0 radical (unpaired) electrons. The fourth-order valence-corrected chi connectivity index (χ4v) is 4.76. The summed E-state index contributed by atoms with van der Waals surface area (Å²) in [5, 5.41) is 12.0. The lowest BCUT2D eigenvalue weighted by molar-refractivity contribution is 0.00181. The van der Waals surface area contributed by atoms with Crippen LogP contribution in [0, 0.1) is 5.92 Å². The molecule has 2 bridgehead atoms. The molecule has 1 aliphatic carbocycles. The summed E-state index contributed by atoms with van der Waals surface area (Å²) in [6, 6.07) is 0. The van der Waals surface area contributed by atoms with Gasteiger partial charge in [-0.15, -0.1) is 0 Å². The quantitative estimate of drug-likeness (QED) is 0.674. The van der Waals surface area contributed by atoms with Gasteiger partial charge in [-0.1, -0.05) is 0 Å². The summed E-state index contributed by atoms with van der Waals surface area (Å²) in [7, 11) is 0. The van der Waals surface area contributed by atoms with E-state index in [2.05, 4.69) is 11.8 Å². The lowest BCUT2D eigenvalue weighted by atomic mass is 9.88. The van der Waals surface area contributed by atoms with Gasteiger partial charge < -0.3 is 5.11 Å². The van der Waals surface area contributed by atoms with Crippen LogP contribution >= 0.6 is 11.8 Å². The van der Waals surface area contributed by atoms with Crippen molar-refractivity contribution >= 4 is 11.8 Å². The summed E-state index contributed by atoms with van der Waals surface area (Å²) in [5.74, 6) is 0.682. The van der Waals surface area contributed by atoms with Crippen molar-refractivity contribution in [3.05, 3.63) is 0 Å². The molecule has 0 aromatic carbocycles. The van der Waals surface area contributed by atoms with Crippen LogP contribution in [0.25, 0.3) is 0 Å². The van der Waals surface area contributed by atoms with Crippen molar-refractivity contribution in [1.82, 2.24) is 0 Å². The van der Waals surface area contributed by atoms with E-state index in [0.29, 0.717) is 5.92 Å². The van der Waals surface area contributed by atoms with Crippen molar-refractivity contribution in [1.29, 1.82) is 0 Å². The zero-order chi connectivity index (χ0) is 8.18. The predicted molar refractivity (Wildman–Crippen MR) is 51.3 cm³/mol. The van der Waals surface area contributed by atoms with E-state index < -0.39 is 0 Å². The average Bonchev–Trinajstić information content (AvgIpc) is 2.79. The molecule has 0 spiro atoms.